The standard InChI is InChI=1S/C21H23N5O2/c27-13-12-26-20(23-16-5-2-1-4-15(16)21(26)28)17-6-3-11-25(17)18-9-10-22-19(24-18)14-7-8-14/h1-2,4-5,9-10,14,17,27H,3,6-8,11-13H2. The van der Waals surface area contributed by atoms with Gasteiger partial charge in [-0.1, -0.05) is 12.1 Å². The fourth-order valence-electron chi connectivity index (χ4n) is 4.13. The van der Waals surface area contributed by atoms with Crippen LogP contribution in [0.1, 0.15) is 49.3 Å². The average Bonchev–Trinajstić information content (AvgIpc) is 3.47. The quantitative estimate of drug-likeness (QED) is 0.735. The van der Waals surface area contributed by atoms with E-state index in [1.54, 1.807) is 10.6 Å². The van der Waals surface area contributed by atoms with E-state index in [0.29, 0.717) is 22.6 Å². The minimum Gasteiger partial charge on any atom is -0.395 e. The van der Waals surface area contributed by atoms with Gasteiger partial charge in [0.15, 0.2) is 0 Å². The first-order valence-corrected chi connectivity index (χ1v) is 9.96. The van der Waals surface area contributed by atoms with Crippen molar-refractivity contribution >= 4 is 16.7 Å². The molecule has 1 N–H and O–H groups in total. The van der Waals surface area contributed by atoms with Crippen molar-refractivity contribution < 1.29 is 5.11 Å². The van der Waals surface area contributed by atoms with E-state index in [9.17, 15) is 9.90 Å². The maximum atomic E-state index is 13.1. The van der Waals surface area contributed by atoms with Crippen LogP contribution < -0.4 is 10.5 Å². The lowest BCUT2D eigenvalue weighted by molar-refractivity contribution is 0.270. The van der Waals surface area contributed by atoms with E-state index in [4.69, 9.17) is 9.97 Å². The molecule has 0 spiro atoms. The predicted octanol–water partition coefficient (Wildman–Crippen LogP) is 2.40. The molecule has 28 heavy (non-hydrogen) atoms. The Hall–Kier alpha value is -2.80. The summed E-state index contributed by atoms with van der Waals surface area (Å²) < 4.78 is 1.63. The molecule has 1 atom stereocenters. The van der Waals surface area contributed by atoms with Gasteiger partial charge < -0.3 is 10.0 Å². The number of anilines is 1. The molecule has 0 radical (unpaired) electrons. The van der Waals surface area contributed by atoms with Crippen molar-refractivity contribution in [1.82, 2.24) is 19.5 Å². The van der Waals surface area contributed by atoms with Crippen LogP contribution in [0.2, 0.25) is 0 Å². The van der Waals surface area contributed by atoms with E-state index in [0.717, 1.165) is 43.9 Å². The Balaban J connectivity index is 1.61. The second-order valence-electron chi connectivity index (χ2n) is 7.57. The number of aliphatic hydroxyl groups is 1. The van der Waals surface area contributed by atoms with Gasteiger partial charge in [0.05, 0.1) is 30.1 Å². The van der Waals surface area contributed by atoms with Crippen LogP contribution in [0.4, 0.5) is 5.82 Å². The summed E-state index contributed by atoms with van der Waals surface area (Å²) >= 11 is 0. The van der Waals surface area contributed by atoms with Gasteiger partial charge >= 0.3 is 0 Å². The Labute approximate surface area is 162 Å². The SMILES string of the molecule is O=c1c2ccccc2nc(C2CCCN2c2ccnc(C3CC3)n2)n1CCO. The van der Waals surface area contributed by atoms with Gasteiger partial charge in [-0.05, 0) is 43.9 Å². The molecule has 7 heteroatoms. The van der Waals surface area contributed by atoms with Gasteiger partial charge in [0.1, 0.15) is 17.5 Å². The topological polar surface area (TPSA) is 84.1 Å². The van der Waals surface area contributed by atoms with Crippen LogP contribution in [0.5, 0.6) is 0 Å². The third-order valence-electron chi connectivity index (χ3n) is 5.66. The third kappa shape index (κ3) is 2.96. The van der Waals surface area contributed by atoms with Gasteiger partial charge in [-0.25, -0.2) is 15.0 Å². The Morgan fingerprint density at radius 1 is 1.11 bits per heavy atom. The molecule has 3 aromatic rings. The second kappa shape index (κ2) is 6.98. The smallest absolute Gasteiger partial charge is 0.261 e. The first-order valence-electron chi connectivity index (χ1n) is 9.96. The lowest BCUT2D eigenvalue weighted by Crippen LogP contribution is -2.33. The number of aliphatic hydroxyl groups excluding tert-OH is 1. The summed E-state index contributed by atoms with van der Waals surface area (Å²) in [5.74, 6) is 3.02. The molecule has 1 saturated carbocycles. The summed E-state index contributed by atoms with van der Waals surface area (Å²) in [6, 6.07) is 9.31. The molecule has 1 aromatic carbocycles. The van der Waals surface area contributed by atoms with Crippen LogP contribution in [-0.2, 0) is 6.54 Å². The Kier molecular flexibility index (Phi) is 4.31. The predicted molar refractivity (Wildman–Crippen MR) is 106 cm³/mol. The molecule has 5 rings (SSSR count). The number of aromatic nitrogens is 4. The fourth-order valence-corrected chi connectivity index (χ4v) is 4.13. The fraction of sp³-hybridized carbons (Fsp3) is 0.429. The first kappa shape index (κ1) is 17.3. The van der Waals surface area contributed by atoms with Crippen LogP contribution in [0, 0.1) is 0 Å². The van der Waals surface area contributed by atoms with Crippen molar-refractivity contribution in [3.8, 4) is 0 Å². The Morgan fingerprint density at radius 2 is 1.96 bits per heavy atom. The molecule has 2 aromatic heterocycles. The van der Waals surface area contributed by atoms with E-state index in [-0.39, 0.29) is 24.8 Å². The molecule has 1 aliphatic carbocycles. The molecule has 3 heterocycles. The Morgan fingerprint density at radius 3 is 2.79 bits per heavy atom. The first-order chi connectivity index (χ1) is 13.8. The van der Waals surface area contributed by atoms with Crippen LogP contribution in [0.25, 0.3) is 10.9 Å². The summed E-state index contributed by atoms with van der Waals surface area (Å²) in [6.07, 6.45) is 6.07. The molecule has 1 unspecified atom stereocenters. The van der Waals surface area contributed by atoms with E-state index < -0.39 is 0 Å². The molecule has 7 nitrogen and oxygen atoms in total. The van der Waals surface area contributed by atoms with Gasteiger partial charge in [-0.15, -0.1) is 0 Å². The zero-order valence-electron chi connectivity index (χ0n) is 15.7. The summed E-state index contributed by atoms with van der Waals surface area (Å²) in [6.45, 7) is 1.01. The minimum absolute atomic E-state index is 0.0363. The van der Waals surface area contributed by atoms with Crippen molar-refractivity contribution in [3.05, 3.63) is 58.5 Å². The molecule has 144 valence electrons. The molecular weight excluding hydrogens is 354 g/mol. The van der Waals surface area contributed by atoms with E-state index in [1.807, 2.05) is 30.5 Å². The highest BCUT2D eigenvalue weighted by atomic mass is 16.3. The number of nitrogens with zero attached hydrogens (tertiary/aromatic N) is 5. The largest absolute Gasteiger partial charge is 0.395 e. The van der Waals surface area contributed by atoms with Crippen molar-refractivity contribution in [2.45, 2.75) is 44.2 Å². The van der Waals surface area contributed by atoms with Crippen molar-refractivity contribution in [1.29, 1.82) is 0 Å². The lowest BCUT2D eigenvalue weighted by atomic mass is 10.1. The van der Waals surface area contributed by atoms with Crippen molar-refractivity contribution in [3.63, 3.8) is 0 Å². The number of benzene rings is 1. The molecule has 2 aliphatic rings. The van der Waals surface area contributed by atoms with Crippen molar-refractivity contribution in [2.24, 2.45) is 0 Å². The minimum atomic E-state index is -0.0982. The summed E-state index contributed by atoms with van der Waals surface area (Å²) in [5, 5.41) is 10.1. The monoisotopic (exact) mass is 377 g/mol. The van der Waals surface area contributed by atoms with Gasteiger partial charge in [0.2, 0.25) is 0 Å². The van der Waals surface area contributed by atoms with Gasteiger partial charge in [-0.2, -0.15) is 0 Å². The van der Waals surface area contributed by atoms with Gasteiger partial charge in [0, 0.05) is 18.7 Å². The lowest BCUT2D eigenvalue weighted by Gasteiger charge is -2.27. The molecule has 1 aliphatic heterocycles. The molecule has 1 saturated heterocycles. The average molecular weight is 377 g/mol. The second-order valence-corrected chi connectivity index (χ2v) is 7.57. The number of hydrogen-bond donors (Lipinski definition) is 1. The van der Waals surface area contributed by atoms with Gasteiger partial charge in [-0.3, -0.25) is 9.36 Å². The third-order valence-corrected chi connectivity index (χ3v) is 5.66. The highest BCUT2D eigenvalue weighted by Crippen LogP contribution is 2.40. The zero-order chi connectivity index (χ0) is 19.1. The summed E-state index contributed by atoms with van der Waals surface area (Å²) in [5.41, 5.74) is 0.604. The van der Waals surface area contributed by atoms with Crippen LogP contribution in [-0.4, -0.2) is 37.8 Å². The molecule has 2 fully saturated rings. The maximum Gasteiger partial charge on any atom is 0.261 e. The van der Waals surface area contributed by atoms with Crippen LogP contribution in [0.3, 0.4) is 0 Å². The molecular formula is C21H23N5O2. The number of fused-ring (bicyclic) bond motifs is 1. The summed E-state index contributed by atoms with van der Waals surface area (Å²) in [7, 11) is 0. The normalized spacial score (nSPS) is 19.5. The van der Waals surface area contributed by atoms with Crippen molar-refractivity contribution in [2.75, 3.05) is 18.1 Å². The van der Waals surface area contributed by atoms with E-state index >= 15 is 0 Å². The van der Waals surface area contributed by atoms with E-state index in [1.165, 1.54) is 0 Å². The number of para-hydroxylation sites is 1. The highest BCUT2D eigenvalue weighted by Gasteiger charge is 2.33. The highest BCUT2D eigenvalue weighted by molar-refractivity contribution is 5.77. The zero-order valence-corrected chi connectivity index (χ0v) is 15.7. The maximum absolute atomic E-state index is 13.1. The summed E-state index contributed by atoms with van der Waals surface area (Å²) in [4.78, 5) is 29.4. The Bertz CT molecular complexity index is 1080. The van der Waals surface area contributed by atoms with E-state index in [2.05, 4.69) is 9.88 Å². The van der Waals surface area contributed by atoms with Gasteiger partial charge in [0.25, 0.3) is 5.56 Å². The van der Waals surface area contributed by atoms with Crippen LogP contribution >= 0.6 is 0 Å². The van der Waals surface area contributed by atoms with Crippen LogP contribution in [0.15, 0.2) is 41.3 Å². The number of rotatable bonds is 5. The molecule has 0 amide bonds. The molecule has 0 bridgehead atoms. The number of hydrogen-bond acceptors (Lipinski definition) is 6.